The van der Waals surface area contributed by atoms with Crippen molar-refractivity contribution < 1.29 is 26.5 Å². The number of nitro benzene ring substituents is 1. The maximum Gasteiger partial charge on any atom is 0.416 e. The summed E-state index contributed by atoms with van der Waals surface area (Å²) in [6.07, 6.45) is -4.38. The first-order valence-corrected chi connectivity index (χ1v) is 10.1. The van der Waals surface area contributed by atoms with Crippen LogP contribution in [0.25, 0.3) is 0 Å². The van der Waals surface area contributed by atoms with Gasteiger partial charge >= 0.3 is 6.18 Å². The van der Waals surface area contributed by atoms with Gasteiger partial charge in [0, 0.05) is 44.9 Å². The van der Waals surface area contributed by atoms with E-state index in [-0.39, 0.29) is 23.7 Å². The van der Waals surface area contributed by atoms with Crippen LogP contribution in [0.3, 0.4) is 0 Å². The molecule has 29 heavy (non-hydrogen) atoms. The highest BCUT2D eigenvalue weighted by Crippen LogP contribution is 2.29. The SMILES string of the molecule is O=[N+]([O-])c1cccc(S(=O)(=O)N2CCN(Cc3ccc(C(F)(F)F)cc3)CC2)c1. The van der Waals surface area contributed by atoms with Crippen LogP contribution in [0.4, 0.5) is 18.9 Å². The lowest BCUT2D eigenvalue weighted by molar-refractivity contribution is -0.385. The topological polar surface area (TPSA) is 83.8 Å². The highest BCUT2D eigenvalue weighted by molar-refractivity contribution is 7.89. The van der Waals surface area contributed by atoms with Crippen LogP contribution in [0.2, 0.25) is 0 Å². The van der Waals surface area contributed by atoms with Crippen LogP contribution in [-0.4, -0.2) is 48.7 Å². The molecule has 0 aliphatic carbocycles. The van der Waals surface area contributed by atoms with Crippen molar-refractivity contribution in [1.82, 2.24) is 9.21 Å². The van der Waals surface area contributed by atoms with E-state index in [0.717, 1.165) is 18.2 Å². The summed E-state index contributed by atoms with van der Waals surface area (Å²) in [6, 6.07) is 9.77. The molecule has 1 heterocycles. The van der Waals surface area contributed by atoms with E-state index < -0.39 is 26.7 Å². The van der Waals surface area contributed by atoms with Gasteiger partial charge < -0.3 is 0 Å². The third-order valence-corrected chi connectivity index (χ3v) is 6.58. The minimum absolute atomic E-state index is 0.136. The zero-order valence-electron chi connectivity index (χ0n) is 15.2. The monoisotopic (exact) mass is 429 g/mol. The molecular formula is C18H18F3N3O4S. The summed E-state index contributed by atoms with van der Waals surface area (Å²) in [4.78, 5) is 12.0. The van der Waals surface area contributed by atoms with Crippen molar-refractivity contribution in [2.45, 2.75) is 17.6 Å². The number of nitro groups is 1. The second-order valence-electron chi connectivity index (χ2n) is 6.63. The summed E-state index contributed by atoms with van der Waals surface area (Å²) < 4.78 is 64.6. The number of non-ortho nitro benzene ring substituents is 1. The highest BCUT2D eigenvalue weighted by atomic mass is 32.2. The summed E-state index contributed by atoms with van der Waals surface area (Å²) in [5, 5.41) is 10.9. The zero-order valence-corrected chi connectivity index (χ0v) is 16.0. The Kier molecular flexibility index (Phi) is 5.92. The van der Waals surface area contributed by atoms with E-state index in [1.807, 2.05) is 4.90 Å². The highest BCUT2D eigenvalue weighted by Gasteiger charge is 2.31. The number of benzene rings is 2. The van der Waals surface area contributed by atoms with Gasteiger partial charge in [0.2, 0.25) is 10.0 Å². The molecule has 0 N–H and O–H groups in total. The van der Waals surface area contributed by atoms with Crippen LogP contribution in [0.15, 0.2) is 53.4 Å². The summed E-state index contributed by atoms with van der Waals surface area (Å²) in [7, 11) is -3.86. The van der Waals surface area contributed by atoms with Crippen LogP contribution < -0.4 is 0 Å². The Balaban J connectivity index is 1.63. The summed E-state index contributed by atoms with van der Waals surface area (Å²) in [6.45, 7) is 1.57. The average molecular weight is 429 g/mol. The molecule has 0 aromatic heterocycles. The molecule has 0 saturated carbocycles. The predicted octanol–water partition coefficient (Wildman–Crippen LogP) is 3.12. The van der Waals surface area contributed by atoms with Gasteiger partial charge in [-0.2, -0.15) is 17.5 Å². The second-order valence-corrected chi connectivity index (χ2v) is 8.57. The van der Waals surface area contributed by atoms with Crippen molar-refractivity contribution in [3.8, 4) is 0 Å². The fourth-order valence-corrected chi connectivity index (χ4v) is 4.55. The molecule has 0 amide bonds. The molecule has 0 unspecified atom stereocenters. The van der Waals surface area contributed by atoms with Gasteiger partial charge in [0.1, 0.15) is 0 Å². The predicted molar refractivity (Wildman–Crippen MR) is 98.6 cm³/mol. The fourth-order valence-electron chi connectivity index (χ4n) is 3.09. The molecule has 0 atom stereocenters. The number of hydrogen-bond acceptors (Lipinski definition) is 5. The van der Waals surface area contributed by atoms with Crippen molar-refractivity contribution in [3.05, 3.63) is 69.8 Å². The quantitative estimate of drug-likeness (QED) is 0.539. The second kappa shape index (κ2) is 8.09. The first-order chi connectivity index (χ1) is 13.6. The van der Waals surface area contributed by atoms with Crippen molar-refractivity contribution in [3.63, 3.8) is 0 Å². The molecule has 0 spiro atoms. The summed E-state index contributed by atoms with van der Waals surface area (Å²) >= 11 is 0. The minimum atomic E-state index is -4.38. The average Bonchev–Trinajstić information content (AvgIpc) is 2.68. The van der Waals surface area contributed by atoms with Gasteiger partial charge in [-0.1, -0.05) is 18.2 Å². The van der Waals surface area contributed by atoms with Gasteiger partial charge in [-0.25, -0.2) is 8.42 Å². The largest absolute Gasteiger partial charge is 0.416 e. The Morgan fingerprint density at radius 1 is 1.00 bits per heavy atom. The Morgan fingerprint density at radius 3 is 2.17 bits per heavy atom. The third kappa shape index (κ3) is 4.92. The summed E-state index contributed by atoms with van der Waals surface area (Å²) in [5.74, 6) is 0. The molecule has 2 aromatic rings. The number of sulfonamides is 1. The van der Waals surface area contributed by atoms with E-state index in [2.05, 4.69) is 0 Å². The summed E-state index contributed by atoms with van der Waals surface area (Å²) in [5.41, 5.74) is -0.311. The first kappa shape index (κ1) is 21.2. The molecule has 11 heteroatoms. The van der Waals surface area contributed by atoms with E-state index >= 15 is 0 Å². The molecule has 1 saturated heterocycles. The van der Waals surface area contributed by atoms with E-state index in [1.54, 1.807) is 0 Å². The Morgan fingerprint density at radius 2 is 1.62 bits per heavy atom. The molecular weight excluding hydrogens is 411 g/mol. The Hall–Kier alpha value is -2.50. The lowest BCUT2D eigenvalue weighted by Gasteiger charge is -2.34. The molecule has 1 aliphatic rings. The third-order valence-electron chi connectivity index (χ3n) is 4.68. The normalized spacial score (nSPS) is 16.7. The molecule has 0 bridgehead atoms. The molecule has 2 aromatic carbocycles. The maximum atomic E-state index is 12.7. The number of piperazine rings is 1. The van der Waals surface area contributed by atoms with Crippen LogP contribution in [0.1, 0.15) is 11.1 Å². The van der Waals surface area contributed by atoms with Gasteiger partial charge in [0.25, 0.3) is 5.69 Å². The molecule has 156 valence electrons. The van der Waals surface area contributed by atoms with E-state index in [4.69, 9.17) is 0 Å². The molecule has 0 radical (unpaired) electrons. The number of hydrogen-bond donors (Lipinski definition) is 0. The molecule has 3 rings (SSSR count). The van der Waals surface area contributed by atoms with Crippen LogP contribution in [0, 0.1) is 10.1 Å². The van der Waals surface area contributed by atoms with E-state index in [9.17, 15) is 31.7 Å². The van der Waals surface area contributed by atoms with E-state index in [0.29, 0.717) is 25.2 Å². The maximum absolute atomic E-state index is 12.7. The van der Waals surface area contributed by atoms with Gasteiger partial charge in [-0.3, -0.25) is 15.0 Å². The molecule has 1 fully saturated rings. The molecule has 1 aliphatic heterocycles. The van der Waals surface area contributed by atoms with Crippen molar-refractivity contribution in [2.75, 3.05) is 26.2 Å². The number of nitrogens with zero attached hydrogens (tertiary/aromatic N) is 3. The first-order valence-electron chi connectivity index (χ1n) is 8.70. The number of halogens is 3. The zero-order chi connectivity index (χ0) is 21.2. The Labute approximate surface area is 165 Å². The van der Waals surface area contributed by atoms with Gasteiger partial charge in [-0.05, 0) is 23.8 Å². The van der Waals surface area contributed by atoms with Gasteiger partial charge in [0.15, 0.2) is 0 Å². The van der Waals surface area contributed by atoms with Crippen molar-refractivity contribution >= 4 is 15.7 Å². The Bertz CT molecular complexity index is 986. The minimum Gasteiger partial charge on any atom is -0.296 e. The van der Waals surface area contributed by atoms with Crippen molar-refractivity contribution in [1.29, 1.82) is 0 Å². The molecule has 7 nitrogen and oxygen atoms in total. The lowest BCUT2D eigenvalue weighted by atomic mass is 10.1. The number of alkyl halides is 3. The lowest BCUT2D eigenvalue weighted by Crippen LogP contribution is -2.48. The van der Waals surface area contributed by atoms with Crippen LogP contribution >= 0.6 is 0 Å². The van der Waals surface area contributed by atoms with Crippen LogP contribution in [-0.2, 0) is 22.7 Å². The van der Waals surface area contributed by atoms with Gasteiger partial charge in [-0.15, -0.1) is 0 Å². The van der Waals surface area contributed by atoms with Crippen LogP contribution in [0.5, 0.6) is 0 Å². The fraction of sp³-hybridized carbons (Fsp3) is 0.333. The van der Waals surface area contributed by atoms with Crippen molar-refractivity contribution in [2.24, 2.45) is 0 Å². The van der Waals surface area contributed by atoms with E-state index in [1.165, 1.54) is 34.6 Å². The number of rotatable bonds is 5. The smallest absolute Gasteiger partial charge is 0.296 e. The van der Waals surface area contributed by atoms with Gasteiger partial charge in [0.05, 0.1) is 15.4 Å². The standard InChI is InChI=1S/C18H18F3N3O4S/c19-18(20,21)15-6-4-14(5-7-15)13-22-8-10-23(11-9-22)29(27,28)17-3-1-2-16(12-17)24(25)26/h1-7,12H,8-11,13H2.